The Hall–Kier alpha value is -2.91. The molecule has 0 radical (unpaired) electrons. The Morgan fingerprint density at radius 3 is 2.90 bits per heavy atom. The van der Waals surface area contributed by atoms with Gasteiger partial charge in [-0.25, -0.2) is 15.0 Å². The number of piperidine rings is 1. The second-order valence-corrected chi connectivity index (χ2v) is 7.51. The van der Waals surface area contributed by atoms with Gasteiger partial charge in [0.15, 0.2) is 5.65 Å². The number of amides is 1. The first-order chi connectivity index (χ1) is 13.7. The van der Waals surface area contributed by atoms with Gasteiger partial charge in [0.1, 0.15) is 18.1 Å². The number of anilines is 1. The Balaban J connectivity index is 1.68. The van der Waals surface area contributed by atoms with Crippen LogP contribution in [0, 0.1) is 6.92 Å². The number of pyridine rings is 1. The van der Waals surface area contributed by atoms with E-state index in [4.69, 9.17) is 4.98 Å². The normalized spacial score (nSPS) is 20.4. The van der Waals surface area contributed by atoms with Crippen LogP contribution in [0.1, 0.15) is 32.0 Å². The molecule has 3 aromatic heterocycles. The lowest BCUT2D eigenvalue weighted by Crippen LogP contribution is -2.52. The van der Waals surface area contributed by atoms with Crippen molar-refractivity contribution in [3.05, 3.63) is 24.3 Å². The fourth-order valence-corrected chi connectivity index (χ4v) is 3.92. The molecule has 3 aromatic rings. The van der Waals surface area contributed by atoms with Crippen LogP contribution in [0.4, 0.5) is 19.0 Å². The fourth-order valence-electron chi connectivity index (χ4n) is 3.92. The summed E-state index contributed by atoms with van der Waals surface area (Å²) in [6.45, 7) is 4.27. The van der Waals surface area contributed by atoms with Crippen LogP contribution >= 0.6 is 0 Å². The van der Waals surface area contributed by atoms with Crippen LogP contribution in [0.3, 0.4) is 0 Å². The molecule has 4 rings (SSSR count). The van der Waals surface area contributed by atoms with Crippen molar-refractivity contribution in [3.63, 3.8) is 0 Å². The third-order valence-corrected chi connectivity index (χ3v) is 5.23. The molecular weight excluding hydrogens is 385 g/mol. The third kappa shape index (κ3) is 3.96. The molecule has 4 heterocycles. The highest BCUT2D eigenvalue weighted by atomic mass is 19.4. The molecule has 0 bridgehead atoms. The molecule has 2 unspecified atom stereocenters. The summed E-state index contributed by atoms with van der Waals surface area (Å²) in [5.74, 6) is 0.418. The second-order valence-electron chi connectivity index (χ2n) is 7.51. The summed E-state index contributed by atoms with van der Waals surface area (Å²) in [6, 6.07) is 1.61. The number of aryl methyl sites for hydroxylation is 1. The summed E-state index contributed by atoms with van der Waals surface area (Å²) in [7, 11) is 0. The summed E-state index contributed by atoms with van der Waals surface area (Å²) in [5, 5.41) is 4.26. The molecule has 1 aliphatic rings. The van der Waals surface area contributed by atoms with Gasteiger partial charge in [0, 0.05) is 30.2 Å². The first-order valence-electron chi connectivity index (χ1n) is 9.44. The fraction of sp³-hybridized carbons (Fsp3) is 0.474. The van der Waals surface area contributed by atoms with Crippen LogP contribution in [0.25, 0.3) is 21.9 Å². The highest BCUT2D eigenvalue weighted by molar-refractivity contribution is 6.09. The Kier molecular flexibility index (Phi) is 4.79. The van der Waals surface area contributed by atoms with Crippen LogP contribution in [0.5, 0.6) is 0 Å². The molecule has 0 saturated carbocycles. The summed E-state index contributed by atoms with van der Waals surface area (Å²) in [6.07, 6.45) is -1.25. The lowest BCUT2D eigenvalue weighted by atomic mass is 9.98. The number of carbonyl (C=O) groups excluding carboxylic acids is 1. The van der Waals surface area contributed by atoms with Gasteiger partial charge in [-0.3, -0.25) is 4.79 Å². The largest absolute Gasteiger partial charge is 0.397 e. The van der Waals surface area contributed by atoms with Gasteiger partial charge in [-0.15, -0.1) is 0 Å². The average Bonchev–Trinajstić information content (AvgIpc) is 3.09. The molecule has 1 amide bonds. The molecular formula is C19H21F3N6O. The van der Waals surface area contributed by atoms with Crippen molar-refractivity contribution >= 4 is 33.7 Å². The number of nitrogens with one attached hydrogen (secondary N) is 2. The van der Waals surface area contributed by atoms with Crippen molar-refractivity contribution in [2.75, 3.05) is 11.4 Å². The highest BCUT2D eigenvalue weighted by Crippen LogP contribution is 2.33. The van der Waals surface area contributed by atoms with Crippen molar-refractivity contribution in [3.8, 4) is 0 Å². The summed E-state index contributed by atoms with van der Waals surface area (Å²) < 4.78 is 37.5. The SMILES string of the molecule is Cc1nc(N2CC(NC(=O)CC(F)(F)F)CCC2C)c2c(cnc3nccc32)[nH]1. The topological polar surface area (TPSA) is 86.8 Å². The zero-order valence-corrected chi connectivity index (χ0v) is 16.0. The van der Waals surface area contributed by atoms with E-state index in [9.17, 15) is 18.0 Å². The number of nitrogens with zero attached hydrogens (tertiary/aromatic N) is 4. The Morgan fingerprint density at radius 1 is 1.34 bits per heavy atom. The van der Waals surface area contributed by atoms with E-state index in [0.29, 0.717) is 24.4 Å². The number of aromatic amines is 1. The van der Waals surface area contributed by atoms with E-state index in [0.717, 1.165) is 28.5 Å². The molecule has 154 valence electrons. The number of halogens is 3. The molecule has 1 aliphatic heterocycles. The molecule has 1 saturated heterocycles. The lowest BCUT2D eigenvalue weighted by molar-refractivity contribution is -0.154. The predicted molar refractivity (Wildman–Crippen MR) is 103 cm³/mol. The maximum absolute atomic E-state index is 12.5. The summed E-state index contributed by atoms with van der Waals surface area (Å²) >= 11 is 0. The number of aromatic nitrogens is 4. The number of carbonyl (C=O) groups is 1. The zero-order valence-electron chi connectivity index (χ0n) is 16.0. The van der Waals surface area contributed by atoms with Crippen LogP contribution < -0.4 is 10.2 Å². The Bertz CT molecular complexity index is 1060. The number of rotatable bonds is 3. The zero-order chi connectivity index (χ0) is 20.8. The Morgan fingerprint density at radius 2 is 2.14 bits per heavy atom. The van der Waals surface area contributed by atoms with Gasteiger partial charge in [-0.2, -0.15) is 13.2 Å². The molecule has 0 aromatic carbocycles. The number of hydrogen-bond donors (Lipinski definition) is 2. The van der Waals surface area contributed by atoms with E-state index in [1.807, 2.05) is 13.0 Å². The average molecular weight is 406 g/mol. The van der Waals surface area contributed by atoms with E-state index in [1.54, 1.807) is 12.4 Å². The molecule has 10 heteroatoms. The van der Waals surface area contributed by atoms with Crippen LogP contribution in [-0.2, 0) is 4.79 Å². The monoisotopic (exact) mass is 406 g/mol. The molecule has 0 aliphatic carbocycles. The molecule has 29 heavy (non-hydrogen) atoms. The maximum Gasteiger partial charge on any atom is 0.397 e. The lowest BCUT2D eigenvalue weighted by Gasteiger charge is -2.39. The van der Waals surface area contributed by atoms with Crippen molar-refractivity contribution in [2.24, 2.45) is 0 Å². The van der Waals surface area contributed by atoms with E-state index in [1.165, 1.54) is 0 Å². The molecule has 1 fully saturated rings. The minimum absolute atomic E-state index is 0.120. The van der Waals surface area contributed by atoms with E-state index >= 15 is 0 Å². The number of fused-ring (bicyclic) bond motifs is 3. The maximum atomic E-state index is 12.5. The highest BCUT2D eigenvalue weighted by Gasteiger charge is 2.34. The molecule has 0 spiro atoms. The summed E-state index contributed by atoms with van der Waals surface area (Å²) in [4.78, 5) is 30.3. The standard InChI is InChI=1S/C19H21F3N6O/c1-10-3-4-12(27-15(29)7-19(20,21)22)9-28(10)18-16-13-5-6-23-17(13)24-8-14(16)25-11(2)26-18/h5-6,8,10,12H,3-4,7,9H2,1-2H3,(H,25,26)(H,27,29). The van der Waals surface area contributed by atoms with E-state index in [-0.39, 0.29) is 12.1 Å². The first kappa shape index (κ1) is 19.4. The van der Waals surface area contributed by atoms with Gasteiger partial charge in [0.25, 0.3) is 0 Å². The Labute approximate surface area is 164 Å². The van der Waals surface area contributed by atoms with Crippen LogP contribution in [-0.4, -0.2) is 50.6 Å². The quantitative estimate of drug-likeness (QED) is 0.697. The van der Waals surface area contributed by atoms with Crippen molar-refractivity contribution in [1.82, 2.24) is 25.3 Å². The van der Waals surface area contributed by atoms with Gasteiger partial charge in [-0.1, -0.05) is 0 Å². The molecule has 7 nitrogen and oxygen atoms in total. The van der Waals surface area contributed by atoms with Crippen molar-refractivity contribution < 1.29 is 18.0 Å². The first-order valence-corrected chi connectivity index (χ1v) is 9.44. The second kappa shape index (κ2) is 7.16. The van der Waals surface area contributed by atoms with Crippen LogP contribution in [0.2, 0.25) is 0 Å². The summed E-state index contributed by atoms with van der Waals surface area (Å²) in [5.41, 5.74) is 1.42. The van der Waals surface area contributed by atoms with E-state index in [2.05, 4.69) is 32.1 Å². The minimum Gasteiger partial charge on any atom is -0.351 e. The van der Waals surface area contributed by atoms with Crippen LogP contribution in [0.15, 0.2) is 18.5 Å². The molecule has 2 N–H and O–H groups in total. The predicted octanol–water partition coefficient (Wildman–Crippen LogP) is 3.24. The number of H-pyrrole nitrogens is 1. The van der Waals surface area contributed by atoms with Gasteiger partial charge in [-0.05, 0) is 32.8 Å². The smallest absolute Gasteiger partial charge is 0.351 e. The van der Waals surface area contributed by atoms with E-state index < -0.39 is 18.5 Å². The number of hydrogen-bond acceptors (Lipinski definition) is 5. The van der Waals surface area contributed by atoms with Crippen molar-refractivity contribution in [1.29, 1.82) is 0 Å². The van der Waals surface area contributed by atoms with Crippen molar-refractivity contribution in [2.45, 2.75) is 51.4 Å². The van der Waals surface area contributed by atoms with Gasteiger partial charge < -0.3 is 15.2 Å². The minimum atomic E-state index is -4.51. The molecule has 2 atom stereocenters. The number of alkyl halides is 3. The third-order valence-electron chi connectivity index (χ3n) is 5.23. The van der Waals surface area contributed by atoms with Gasteiger partial charge in [0.05, 0.1) is 17.1 Å². The van der Waals surface area contributed by atoms with Gasteiger partial charge in [0.2, 0.25) is 5.91 Å². The van der Waals surface area contributed by atoms with Gasteiger partial charge >= 0.3 is 6.18 Å².